The predicted octanol–water partition coefficient (Wildman–Crippen LogP) is -1.92. The van der Waals surface area contributed by atoms with Gasteiger partial charge in [0, 0.05) is 0 Å². The molecule has 0 fully saturated rings. The van der Waals surface area contributed by atoms with Crippen molar-refractivity contribution in [2.45, 2.75) is 18.4 Å². The second-order valence-corrected chi connectivity index (χ2v) is 5.27. The van der Waals surface area contributed by atoms with Gasteiger partial charge in [-0.25, -0.2) is 9.59 Å². The number of nitrogens with two attached hydrogens (primary N) is 1. The molecule has 9 nitrogen and oxygen atoms in total. The summed E-state index contributed by atoms with van der Waals surface area (Å²) in [5, 5.41) is 26.3. The summed E-state index contributed by atoms with van der Waals surface area (Å²) in [6, 6.07) is 0. The summed E-state index contributed by atoms with van der Waals surface area (Å²) in [5.41, 5.74) is 3.81. The van der Waals surface area contributed by atoms with Crippen molar-refractivity contribution < 1.29 is 52.1 Å². The van der Waals surface area contributed by atoms with Gasteiger partial charge in [-0.1, -0.05) is 0 Å². The number of amides is 1. The number of hydrogen-bond acceptors (Lipinski definition) is 6. The van der Waals surface area contributed by atoms with Crippen LogP contribution < -0.4 is 5.73 Å². The van der Waals surface area contributed by atoms with E-state index in [1.165, 1.54) is 0 Å². The predicted molar refractivity (Wildman–Crippen MR) is 68.8 cm³/mol. The number of carboxylic acids is 1. The van der Waals surface area contributed by atoms with Gasteiger partial charge in [0.1, 0.15) is 13.2 Å². The van der Waals surface area contributed by atoms with E-state index in [-0.39, 0.29) is 6.61 Å². The second-order valence-electron chi connectivity index (χ2n) is 5.27. The van der Waals surface area contributed by atoms with E-state index < -0.39 is 36.2 Å². The number of likely N-dealkylation sites (N-methyl/N-ethyl adjacent to an activating group) is 1. The van der Waals surface area contributed by atoms with Gasteiger partial charge >= 0.3 is 24.0 Å². The molecule has 0 aliphatic heterocycles. The molecule has 0 aromatic heterocycles. The van der Waals surface area contributed by atoms with Crippen LogP contribution in [0, 0.1) is 0 Å². The number of hydrogen-bond donors (Lipinski definition) is 4. The largest absolute Gasteiger partial charge is 0.479 e. The Kier molecular flexibility index (Phi) is 9.41. The third kappa shape index (κ3) is 12.3. The number of esters is 1. The molecule has 0 aliphatic carbocycles. The lowest BCUT2D eigenvalue weighted by atomic mass is 10.2. The first-order chi connectivity index (χ1) is 10.1. The fourth-order valence-electron chi connectivity index (χ4n) is 0.769. The van der Waals surface area contributed by atoms with Crippen LogP contribution in [0.4, 0.5) is 13.2 Å². The van der Waals surface area contributed by atoms with E-state index >= 15 is 0 Å². The number of halogens is 3. The summed E-state index contributed by atoms with van der Waals surface area (Å²) in [6.45, 7) is 0.563. The fourth-order valence-corrected chi connectivity index (χ4v) is 0.769. The lowest BCUT2D eigenvalue weighted by Gasteiger charge is -2.23. The Labute approximate surface area is 129 Å². The van der Waals surface area contributed by atoms with Gasteiger partial charge in [0.05, 0.1) is 21.1 Å². The highest BCUT2D eigenvalue weighted by molar-refractivity contribution is 5.84. The van der Waals surface area contributed by atoms with Crippen molar-refractivity contribution in [2.24, 2.45) is 5.73 Å². The molecule has 0 rings (SSSR count). The zero-order valence-electron chi connectivity index (χ0n) is 12.7. The van der Waals surface area contributed by atoms with Crippen LogP contribution in [-0.2, 0) is 19.1 Å². The number of alkyl halides is 3. The van der Waals surface area contributed by atoms with Gasteiger partial charge in [-0.3, -0.25) is 4.79 Å². The molecule has 0 aliphatic rings. The average molecular weight is 349 g/mol. The van der Waals surface area contributed by atoms with Gasteiger partial charge < -0.3 is 30.3 Å². The SMILES string of the molecule is C[N+](C)(C)CCOC(=O)C(O)C(O)C(=O)O.NC(=O)C(F)(F)F. The molecule has 0 saturated heterocycles. The van der Waals surface area contributed by atoms with Crippen LogP contribution >= 0.6 is 0 Å². The molecule has 0 bridgehead atoms. The summed E-state index contributed by atoms with van der Waals surface area (Å²) in [7, 11) is 5.66. The molecular weight excluding hydrogens is 329 g/mol. The number of ether oxygens (including phenoxy) is 1. The first-order valence-electron chi connectivity index (χ1n) is 6.02. The quantitative estimate of drug-likeness (QED) is 0.323. The van der Waals surface area contributed by atoms with Crippen molar-refractivity contribution >= 4 is 17.8 Å². The highest BCUT2D eigenvalue weighted by Gasteiger charge is 2.35. The standard InChI is InChI=1S/C9H17NO6.C2H2F3NO/c1-10(2,3)4-5-16-9(15)7(12)6(11)8(13)14;3-2(4,5)1(6)7/h6-7,11-12H,4-5H2,1-3H3;(H2,6,7)/p+1. The molecule has 0 heterocycles. The summed E-state index contributed by atoms with van der Waals surface area (Å²) in [5.74, 6) is -5.06. The maximum absolute atomic E-state index is 11.1. The van der Waals surface area contributed by atoms with E-state index in [2.05, 4.69) is 10.5 Å². The van der Waals surface area contributed by atoms with Crippen molar-refractivity contribution in [1.82, 2.24) is 0 Å². The summed E-state index contributed by atoms with van der Waals surface area (Å²) >= 11 is 0. The van der Waals surface area contributed by atoms with E-state index in [0.717, 1.165) is 0 Å². The summed E-state index contributed by atoms with van der Waals surface area (Å²) < 4.78 is 37.3. The molecule has 0 aromatic rings. The minimum atomic E-state index is -4.86. The summed E-state index contributed by atoms with van der Waals surface area (Å²) in [6.07, 6.45) is -9.07. The Bertz CT molecular complexity index is 421. The maximum Gasteiger partial charge on any atom is 0.470 e. The zero-order chi connectivity index (χ0) is 19.0. The van der Waals surface area contributed by atoms with Crippen LogP contribution in [0.3, 0.4) is 0 Å². The van der Waals surface area contributed by atoms with Gasteiger partial charge in [0.2, 0.25) is 0 Å². The first kappa shape index (κ1) is 23.3. The van der Waals surface area contributed by atoms with Crippen molar-refractivity contribution in [1.29, 1.82) is 0 Å². The number of carboxylic acid groups (broad SMARTS) is 1. The topological polar surface area (TPSA) is 147 Å². The Morgan fingerprint density at radius 1 is 1.13 bits per heavy atom. The molecule has 0 aromatic carbocycles. The second kappa shape index (κ2) is 9.27. The van der Waals surface area contributed by atoms with Gasteiger partial charge in [0.25, 0.3) is 0 Å². The highest BCUT2D eigenvalue weighted by atomic mass is 19.4. The van der Waals surface area contributed by atoms with Crippen molar-refractivity contribution in [3.8, 4) is 0 Å². The molecule has 2 unspecified atom stereocenters. The number of aliphatic carboxylic acids is 1. The average Bonchev–Trinajstić information content (AvgIpc) is 2.34. The molecule has 12 heteroatoms. The minimum Gasteiger partial charge on any atom is -0.479 e. The molecule has 5 N–H and O–H groups in total. The van der Waals surface area contributed by atoms with Crippen molar-refractivity contribution in [3.05, 3.63) is 0 Å². The van der Waals surface area contributed by atoms with Gasteiger partial charge in [-0.15, -0.1) is 0 Å². The molecule has 23 heavy (non-hydrogen) atoms. The normalized spacial score (nSPS) is 14.1. The van der Waals surface area contributed by atoms with Crippen LogP contribution in [0.5, 0.6) is 0 Å². The van der Waals surface area contributed by atoms with E-state index in [1.54, 1.807) is 0 Å². The lowest BCUT2D eigenvalue weighted by molar-refractivity contribution is -0.870. The van der Waals surface area contributed by atoms with Gasteiger partial charge in [-0.05, 0) is 0 Å². The number of quaternary nitrogens is 1. The molecule has 0 spiro atoms. The van der Waals surface area contributed by atoms with E-state index in [1.807, 2.05) is 21.1 Å². The molecule has 0 radical (unpaired) electrons. The molecule has 0 saturated carbocycles. The Morgan fingerprint density at radius 2 is 1.52 bits per heavy atom. The Balaban J connectivity index is 0. The smallest absolute Gasteiger partial charge is 0.470 e. The maximum atomic E-state index is 11.1. The Morgan fingerprint density at radius 3 is 1.78 bits per heavy atom. The summed E-state index contributed by atoms with van der Waals surface area (Å²) in [4.78, 5) is 30.4. The fraction of sp³-hybridized carbons (Fsp3) is 0.727. The van der Waals surface area contributed by atoms with Gasteiger partial charge in [0.15, 0.2) is 12.2 Å². The number of primary amides is 1. The monoisotopic (exact) mass is 349 g/mol. The third-order valence-electron chi connectivity index (χ3n) is 2.08. The molecular formula is C11H20F3N2O7+. The number of aliphatic hydroxyl groups is 2. The van der Waals surface area contributed by atoms with Crippen LogP contribution in [-0.4, -0.2) is 90.3 Å². The van der Waals surface area contributed by atoms with Gasteiger partial charge in [-0.2, -0.15) is 13.2 Å². The van der Waals surface area contributed by atoms with Crippen LogP contribution in [0.2, 0.25) is 0 Å². The Hall–Kier alpha value is -1.92. The van der Waals surface area contributed by atoms with Crippen molar-refractivity contribution in [3.63, 3.8) is 0 Å². The number of carbonyl (C=O) groups excluding carboxylic acids is 2. The number of aliphatic hydroxyl groups excluding tert-OH is 2. The van der Waals surface area contributed by atoms with Crippen molar-refractivity contribution in [2.75, 3.05) is 34.3 Å². The third-order valence-corrected chi connectivity index (χ3v) is 2.08. The van der Waals surface area contributed by atoms with Crippen LogP contribution in [0.1, 0.15) is 0 Å². The molecule has 2 atom stereocenters. The highest BCUT2D eigenvalue weighted by Crippen LogP contribution is 2.11. The van der Waals surface area contributed by atoms with Crippen LogP contribution in [0.15, 0.2) is 0 Å². The van der Waals surface area contributed by atoms with Crippen LogP contribution in [0.25, 0.3) is 0 Å². The molecule has 1 amide bonds. The number of carbonyl (C=O) groups is 3. The number of rotatable bonds is 6. The first-order valence-corrected chi connectivity index (χ1v) is 6.02. The minimum absolute atomic E-state index is 0.0474. The van der Waals surface area contributed by atoms with E-state index in [0.29, 0.717) is 11.0 Å². The zero-order valence-corrected chi connectivity index (χ0v) is 12.7. The lowest BCUT2D eigenvalue weighted by Crippen LogP contribution is -2.42. The molecule has 136 valence electrons. The van der Waals surface area contributed by atoms with E-state index in [4.69, 9.17) is 20.1 Å². The number of nitrogens with zero attached hydrogens (tertiary/aromatic N) is 1. The van der Waals surface area contributed by atoms with E-state index in [9.17, 15) is 22.8 Å².